The first-order chi connectivity index (χ1) is 9.25. The quantitative estimate of drug-likeness (QED) is 0.657. The topological polar surface area (TPSA) is 46.5 Å². The molecule has 0 aromatic heterocycles. The van der Waals surface area contributed by atoms with Gasteiger partial charge >= 0.3 is 5.97 Å². The Morgan fingerprint density at radius 2 is 1.95 bits per heavy atom. The maximum Gasteiger partial charge on any atom is 0.339 e. The molecular weight excluding hydrogens is 260 g/mol. The maximum absolute atomic E-state index is 11.0. The molecule has 0 aliphatic rings. The van der Waals surface area contributed by atoms with Crippen molar-refractivity contribution in [2.75, 3.05) is 18.1 Å². The third-order valence-corrected chi connectivity index (χ3v) is 3.85. The second kappa shape index (κ2) is 9.73. The van der Waals surface area contributed by atoms with Crippen LogP contribution in [0.4, 0.5) is 0 Å². The van der Waals surface area contributed by atoms with Gasteiger partial charge in [-0.3, -0.25) is 0 Å². The number of aromatic carboxylic acids is 1. The second-order valence-electron chi connectivity index (χ2n) is 4.32. The summed E-state index contributed by atoms with van der Waals surface area (Å²) in [6.07, 6.45) is 4.79. The van der Waals surface area contributed by atoms with Crippen LogP contribution in [0.3, 0.4) is 0 Å². The molecule has 106 valence electrons. The minimum atomic E-state index is -0.940. The van der Waals surface area contributed by atoms with Crippen LogP contribution >= 0.6 is 11.8 Å². The number of hydrogen-bond donors (Lipinski definition) is 1. The van der Waals surface area contributed by atoms with Gasteiger partial charge in [0.2, 0.25) is 0 Å². The zero-order chi connectivity index (χ0) is 13.9. The molecule has 0 aliphatic heterocycles. The fraction of sp³-hybridized carbons (Fsp3) is 0.533. The molecule has 1 rings (SSSR count). The zero-order valence-corrected chi connectivity index (χ0v) is 12.2. The standard InChI is InChI=1S/C15H22O3S/c1-2-3-6-11-19-12-7-10-18-14-9-5-4-8-13(14)15(16)17/h4-5,8-9H,2-3,6-7,10-12H2,1H3,(H,16,17). The maximum atomic E-state index is 11.0. The normalized spacial score (nSPS) is 10.4. The van der Waals surface area contributed by atoms with Crippen molar-refractivity contribution in [1.82, 2.24) is 0 Å². The first-order valence-corrected chi connectivity index (χ1v) is 7.94. The number of para-hydroxylation sites is 1. The van der Waals surface area contributed by atoms with Gasteiger partial charge in [-0.25, -0.2) is 4.79 Å². The lowest BCUT2D eigenvalue weighted by atomic mass is 10.2. The SMILES string of the molecule is CCCCCSCCCOc1ccccc1C(=O)O. The van der Waals surface area contributed by atoms with Crippen molar-refractivity contribution >= 4 is 17.7 Å². The molecule has 0 bridgehead atoms. The van der Waals surface area contributed by atoms with Crippen LogP contribution in [-0.2, 0) is 0 Å². The fourth-order valence-electron chi connectivity index (χ4n) is 1.67. The van der Waals surface area contributed by atoms with E-state index >= 15 is 0 Å². The Hall–Kier alpha value is -1.16. The summed E-state index contributed by atoms with van der Waals surface area (Å²) in [5.41, 5.74) is 0.234. The highest BCUT2D eigenvalue weighted by Gasteiger charge is 2.09. The molecule has 4 heteroatoms. The predicted octanol–water partition coefficient (Wildman–Crippen LogP) is 4.08. The van der Waals surface area contributed by atoms with Crippen LogP contribution in [0.1, 0.15) is 43.0 Å². The Kier molecular flexibility index (Phi) is 8.14. The molecule has 0 amide bonds. The van der Waals surface area contributed by atoms with Crippen molar-refractivity contribution in [3.63, 3.8) is 0 Å². The van der Waals surface area contributed by atoms with Crippen LogP contribution < -0.4 is 4.74 Å². The van der Waals surface area contributed by atoms with E-state index in [4.69, 9.17) is 9.84 Å². The van der Waals surface area contributed by atoms with Crippen molar-refractivity contribution in [2.24, 2.45) is 0 Å². The summed E-state index contributed by atoms with van der Waals surface area (Å²) >= 11 is 1.94. The number of ether oxygens (including phenoxy) is 1. The number of thioether (sulfide) groups is 1. The molecular formula is C15H22O3S. The van der Waals surface area contributed by atoms with Gasteiger partial charge in [-0.15, -0.1) is 0 Å². The van der Waals surface area contributed by atoms with Crippen LogP contribution in [0.2, 0.25) is 0 Å². The van der Waals surface area contributed by atoms with Gasteiger partial charge in [0.15, 0.2) is 0 Å². The number of carboxylic acids is 1. The van der Waals surface area contributed by atoms with Crippen LogP contribution in [0.25, 0.3) is 0 Å². The summed E-state index contributed by atoms with van der Waals surface area (Å²) in [6, 6.07) is 6.77. The molecule has 0 atom stereocenters. The number of carbonyl (C=O) groups is 1. The van der Waals surface area contributed by atoms with Gasteiger partial charge in [0.1, 0.15) is 11.3 Å². The first kappa shape index (κ1) is 15.9. The molecule has 1 aromatic carbocycles. The number of hydrogen-bond acceptors (Lipinski definition) is 3. The monoisotopic (exact) mass is 282 g/mol. The lowest BCUT2D eigenvalue weighted by Gasteiger charge is -2.08. The van der Waals surface area contributed by atoms with Gasteiger partial charge < -0.3 is 9.84 Å². The van der Waals surface area contributed by atoms with E-state index in [2.05, 4.69) is 6.92 Å². The van der Waals surface area contributed by atoms with Gasteiger partial charge in [-0.2, -0.15) is 11.8 Å². The van der Waals surface area contributed by atoms with Crippen molar-refractivity contribution in [2.45, 2.75) is 32.6 Å². The largest absolute Gasteiger partial charge is 0.493 e. The molecule has 0 aliphatic carbocycles. The fourth-order valence-corrected chi connectivity index (χ4v) is 2.60. The molecule has 19 heavy (non-hydrogen) atoms. The molecule has 0 heterocycles. The van der Waals surface area contributed by atoms with Gasteiger partial charge in [0.05, 0.1) is 6.61 Å². The summed E-state index contributed by atoms with van der Waals surface area (Å²) < 4.78 is 5.53. The van der Waals surface area contributed by atoms with Crippen LogP contribution in [0, 0.1) is 0 Å². The summed E-state index contributed by atoms with van der Waals surface area (Å²) in [5.74, 6) is 1.80. The molecule has 0 saturated heterocycles. The smallest absolute Gasteiger partial charge is 0.339 e. The van der Waals surface area contributed by atoms with E-state index in [-0.39, 0.29) is 5.56 Å². The molecule has 0 saturated carbocycles. The third-order valence-electron chi connectivity index (χ3n) is 2.70. The molecule has 0 spiro atoms. The van der Waals surface area contributed by atoms with E-state index in [9.17, 15) is 4.79 Å². The van der Waals surface area contributed by atoms with E-state index in [1.807, 2.05) is 11.8 Å². The lowest BCUT2D eigenvalue weighted by Crippen LogP contribution is -2.05. The van der Waals surface area contributed by atoms with Gasteiger partial charge in [-0.1, -0.05) is 31.9 Å². The molecule has 0 fully saturated rings. The molecule has 0 radical (unpaired) electrons. The summed E-state index contributed by atoms with van der Waals surface area (Å²) in [7, 11) is 0. The summed E-state index contributed by atoms with van der Waals surface area (Å²) in [5, 5.41) is 9.00. The van der Waals surface area contributed by atoms with E-state index in [0.29, 0.717) is 12.4 Å². The Balaban J connectivity index is 2.17. The molecule has 0 unspecified atom stereocenters. The number of carboxylic acid groups (broad SMARTS) is 1. The highest BCUT2D eigenvalue weighted by atomic mass is 32.2. The van der Waals surface area contributed by atoms with Crippen molar-refractivity contribution in [3.05, 3.63) is 29.8 Å². The number of unbranched alkanes of at least 4 members (excludes halogenated alkanes) is 2. The Bertz CT molecular complexity index is 379. The predicted molar refractivity (Wildman–Crippen MR) is 80.4 cm³/mol. The van der Waals surface area contributed by atoms with E-state index in [0.717, 1.165) is 12.2 Å². The van der Waals surface area contributed by atoms with E-state index in [1.165, 1.54) is 25.0 Å². The van der Waals surface area contributed by atoms with E-state index < -0.39 is 5.97 Å². The highest BCUT2D eigenvalue weighted by Crippen LogP contribution is 2.18. The minimum Gasteiger partial charge on any atom is -0.493 e. The third kappa shape index (κ3) is 6.53. The van der Waals surface area contributed by atoms with Crippen molar-refractivity contribution in [1.29, 1.82) is 0 Å². The lowest BCUT2D eigenvalue weighted by molar-refractivity contribution is 0.0692. The summed E-state index contributed by atoms with van der Waals surface area (Å²) in [6.45, 7) is 2.78. The van der Waals surface area contributed by atoms with Gasteiger partial charge in [0, 0.05) is 0 Å². The average Bonchev–Trinajstić information content (AvgIpc) is 2.42. The van der Waals surface area contributed by atoms with Crippen molar-refractivity contribution in [3.8, 4) is 5.75 Å². The van der Waals surface area contributed by atoms with Crippen molar-refractivity contribution < 1.29 is 14.6 Å². The molecule has 1 N–H and O–H groups in total. The number of rotatable bonds is 10. The summed E-state index contributed by atoms with van der Waals surface area (Å²) in [4.78, 5) is 11.0. The zero-order valence-electron chi connectivity index (χ0n) is 11.4. The Labute approximate surface area is 119 Å². The first-order valence-electron chi connectivity index (χ1n) is 6.78. The van der Waals surface area contributed by atoms with Gasteiger partial charge in [0.25, 0.3) is 0 Å². The molecule has 1 aromatic rings. The van der Waals surface area contributed by atoms with Gasteiger partial charge in [-0.05, 0) is 36.5 Å². The van der Waals surface area contributed by atoms with Crippen LogP contribution in [0.5, 0.6) is 5.75 Å². The Morgan fingerprint density at radius 3 is 2.68 bits per heavy atom. The minimum absolute atomic E-state index is 0.234. The molecule has 3 nitrogen and oxygen atoms in total. The highest BCUT2D eigenvalue weighted by molar-refractivity contribution is 7.99. The van der Waals surface area contributed by atoms with E-state index in [1.54, 1.807) is 24.3 Å². The second-order valence-corrected chi connectivity index (χ2v) is 5.55. The van der Waals surface area contributed by atoms with Crippen LogP contribution in [0.15, 0.2) is 24.3 Å². The number of benzene rings is 1. The Morgan fingerprint density at radius 1 is 1.21 bits per heavy atom. The average molecular weight is 282 g/mol. The van der Waals surface area contributed by atoms with Crippen LogP contribution in [-0.4, -0.2) is 29.2 Å².